The van der Waals surface area contributed by atoms with Crippen LogP contribution < -0.4 is 5.32 Å². The van der Waals surface area contributed by atoms with E-state index in [9.17, 15) is 23.2 Å². The minimum Gasteiger partial charge on any atom is -0.465 e. The van der Waals surface area contributed by atoms with Crippen molar-refractivity contribution in [2.45, 2.75) is 13.0 Å². The van der Waals surface area contributed by atoms with Gasteiger partial charge in [0.15, 0.2) is 0 Å². The van der Waals surface area contributed by atoms with Gasteiger partial charge < -0.3 is 14.8 Å². The molecule has 0 unspecified atom stereocenters. The highest BCUT2D eigenvalue weighted by atomic mass is 19.1. The SMILES string of the molecule is COC(=O)c1cccc(COC(=O)CCNC(=O)c2ccc(F)cc2F)c1. The van der Waals surface area contributed by atoms with Crippen LogP contribution in [-0.2, 0) is 20.9 Å². The summed E-state index contributed by atoms with van der Waals surface area (Å²) >= 11 is 0. The topological polar surface area (TPSA) is 81.7 Å². The van der Waals surface area contributed by atoms with E-state index in [2.05, 4.69) is 10.1 Å². The Morgan fingerprint density at radius 1 is 1.07 bits per heavy atom. The Morgan fingerprint density at radius 3 is 2.56 bits per heavy atom. The van der Waals surface area contributed by atoms with Crippen molar-refractivity contribution >= 4 is 17.8 Å². The van der Waals surface area contributed by atoms with E-state index in [-0.39, 0.29) is 25.1 Å². The number of halogens is 2. The second-order valence-corrected chi connectivity index (χ2v) is 5.48. The van der Waals surface area contributed by atoms with Crippen molar-refractivity contribution in [3.63, 3.8) is 0 Å². The van der Waals surface area contributed by atoms with Crippen LogP contribution in [0.1, 0.15) is 32.7 Å². The van der Waals surface area contributed by atoms with E-state index in [1.54, 1.807) is 18.2 Å². The summed E-state index contributed by atoms with van der Waals surface area (Å²) in [6, 6.07) is 9.01. The summed E-state index contributed by atoms with van der Waals surface area (Å²) in [7, 11) is 1.27. The van der Waals surface area contributed by atoms with Crippen molar-refractivity contribution in [3.8, 4) is 0 Å². The van der Waals surface area contributed by atoms with Crippen LogP contribution in [0.15, 0.2) is 42.5 Å². The third-order valence-electron chi connectivity index (χ3n) is 3.54. The van der Waals surface area contributed by atoms with Gasteiger partial charge in [-0.25, -0.2) is 13.6 Å². The predicted molar refractivity (Wildman–Crippen MR) is 90.9 cm³/mol. The minimum atomic E-state index is -0.986. The number of hydrogen-bond donors (Lipinski definition) is 1. The van der Waals surface area contributed by atoms with Gasteiger partial charge in [0.1, 0.15) is 18.2 Å². The van der Waals surface area contributed by atoms with Crippen LogP contribution in [0, 0.1) is 11.6 Å². The van der Waals surface area contributed by atoms with Crippen molar-refractivity contribution < 1.29 is 32.6 Å². The summed E-state index contributed by atoms with van der Waals surface area (Å²) in [5, 5.41) is 2.36. The average molecular weight is 377 g/mol. The van der Waals surface area contributed by atoms with E-state index in [1.165, 1.54) is 13.2 Å². The molecule has 1 amide bonds. The van der Waals surface area contributed by atoms with Crippen LogP contribution in [-0.4, -0.2) is 31.5 Å². The number of amides is 1. The molecule has 1 N–H and O–H groups in total. The number of rotatable bonds is 7. The Kier molecular flexibility index (Phi) is 6.99. The number of esters is 2. The molecule has 2 rings (SSSR count). The first-order chi connectivity index (χ1) is 12.9. The van der Waals surface area contributed by atoms with Crippen molar-refractivity contribution in [3.05, 3.63) is 70.8 Å². The zero-order chi connectivity index (χ0) is 19.8. The van der Waals surface area contributed by atoms with Gasteiger partial charge in [0.2, 0.25) is 0 Å². The average Bonchev–Trinajstić information content (AvgIpc) is 2.65. The third kappa shape index (κ3) is 5.88. The van der Waals surface area contributed by atoms with Crippen LogP contribution in [0.5, 0.6) is 0 Å². The maximum Gasteiger partial charge on any atom is 0.337 e. The van der Waals surface area contributed by atoms with E-state index in [4.69, 9.17) is 4.74 Å². The van der Waals surface area contributed by atoms with Gasteiger partial charge >= 0.3 is 11.9 Å². The number of carbonyl (C=O) groups excluding carboxylic acids is 3. The quantitative estimate of drug-likeness (QED) is 0.750. The van der Waals surface area contributed by atoms with E-state index in [1.807, 2.05) is 0 Å². The van der Waals surface area contributed by atoms with Gasteiger partial charge in [0, 0.05) is 12.6 Å². The standard InChI is InChI=1S/C19H17F2NO5/c1-26-19(25)13-4-2-3-12(9-13)11-27-17(23)7-8-22-18(24)15-6-5-14(20)10-16(15)21/h2-6,9-10H,7-8,11H2,1H3,(H,22,24). The predicted octanol–water partition coefficient (Wildman–Crippen LogP) is 2.61. The van der Waals surface area contributed by atoms with Crippen LogP contribution in [0.25, 0.3) is 0 Å². The summed E-state index contributed by atoms with van der Waals surface area (Å²) in [6.07, 6.45) is -0.134. The first-order valence-corrected chi connectivity index (χ1v) is 7.97. The molecule has 0 aliphatic rings. The number of hydrogen-bond acceptors (Lipinski definition) is 5. The first-order valence-electron chi connectivity index (χ1n) is 7.97. The monoisotopic (exact) mass is 377 g/mol. The van der Waals surface area contributed by atoms with Gasteiger partial charge in [-0.3, -0.25) is 9.59 Å². The van der Waals surface area contributed by atoms with Crippen molar-refractivity contribution in [1.29, 1.82) is 0 Å². The molecule has 0 saturated heterocycles. The number of carbonyl (C=O) groups is 3. The Balaban J connectivity index is 1.78. The molecular weight excluding hydrogens is 360 g/mol. The fourth-order valence-corrected chi connectivity index (χ4v) is 2.19. The molecule has 142 valence electrons. The molecule has 0 spiro atoms. The Hall–Kier alpha value is -3.29. The maximum atomic E-state index is 13.5. The molecule has 6 nitrogen and oxygen atoms in total. The molecule has 2 aromatic carbocycles. The van der Waals surface area contributed by atoms with Crippen LogP contribution >= 0.6 is 0 Å². The van der Waals surface area contributed by atoms with Crippen molar-refractivity contribution in [2.75, 3.05) is 13.7 Å². The fraction of sp³-hybridized carbons (Fsp3) is 0.211. The highest BCUT2D eigenvalue weighted by Gasteiger charge is 2.13. The van der Waals surface area contributed by atoms with Gasteiger partial charge in [0.25, 0.3) is 5.91 Å². The third-order valence-corrected chi connectivity index (χ3v) is 3.54. The van der Waals surface area contributed by atoms with Crippen LogP contribution in [0.3, 0.4) is 0 Å². The largest absolute Gasteiger partial charge is 0.465 e. The van der Waals surface area contributed by atoms with E-state index >= 15 is 0 Å². The second kappa shape index (κ2) is 9.42. The van der Waals surface area contributed by atoms with Gasteiger partial charge in [-0.05, 0) is 29.8 Å². The molecule has 0 aliphatic heterocycles. The Labute approximate surface area is 154 Å². The first kappa shape index (κ1) is 20.0. The molecule has 0 heterocycles. The normalized spacial score (nSPS) is 10.2. The molecule has 27 heavy (non-hydrogen) atoms. The lowest BCUT2D eigenvalue weighted by molar-refractivity contribution is -0.144. The molecule has 2 aromatic rings. The lowest BCUT2D eigenvalue weighted by Crippen LogP contribution is -2.27. The molecule has 0 fully saturated rings. The summed E-state index contributed by atoms with van der Waals surface area (Å²) in [6.45, 7) is -0.124. The van der Waals surface area contributed by atoms with Crippen molar-refractivity contribution in [2.24, 2.45) is 0 Å². The number of nitrogens with one attached hydrogen (secondary N) is 1. The molecular formula is C19H17F2NO5. The summed E-state index contributed by atoms with van der Waals surface area (Å²) in [4.78, 5) is 35.0. The molecule has 0 aromatic heterocycles. The molecule has 0 aliphatic carbocycles. The van der Waals surface area contributed by atoms with E-state index < -0.39 is 29.5 Å². The lowest BCUT2D eigenvalue weighted by Gasteiger charge is -2.08. The zero-order valence-electron chi connectivity index (χ0n) is 14.5. The molecule has 8 heteroatoms. The molecule has 0 atom stereocenters. The Morgan fingerprint density at radius 2 is 1.85 bits per heavy atom. The highest BCUT2D eigenvalue weighted by molar-refractivity contribution is 5.94. The lowest BCUT2D eigenvalue weighted by atomic mass is 10.1. The minimum absolute atomic E-state index is 0.0514. The van der Waals surface area contributed by atoms with Gasteiger partial charge in [-0.2, -0.15) is 0 Å². The van der Waals surface area contributed by atoms with Gasteiger partial charge in [-0.15, -0.1) is 0 Å². The maximum absolute atomic E-state index is 13.5. The number of ether oxygens (including phenoxy) is 2. The second-order valence-electron chi connectivity index (χ2n) is 5.48. The van der Waals surface area contributed by atoms with Crippen LogP contribution in [0.2, 0.25) is 0 Å². The fourth-order valence-electron chi connectivity index (χ4n) is 2.19. The van der Waals surface area contributed by atoms with Gasteiger partial charge in [-0.1, -0.05) is 12.1 Å². The highest BCUT2D eigenvalue weighted by Crippen LogP contribution is 2.10. The van der Waals surface area contributed by atoms with E-state index in [0.29, 0.717) is 17.2 Å². The summed E-state index contributed by atoms with van der Waals surface area (Å²) in [5.74, 6) is -3.62. The summed E-state index contributed by atoms with van der Waals surface area (Å²) < 4.78 is 36.0. The molecule has 0 radical (unpaired) electrons. The van der Waals surface area contributed by atoms with Crippen molar-refractivity contribution in [1.82, 2.24) is 5.32 Å². The zero-order valence-corrected chi connectivity index (χ0v) is 14.5. The van der Waals surface area contributed by atoms with Crippen LogP contribution in [0.4, 0.5) is 8.78 Å². The smallest absolute Gasteiger partial charge is 0.337 e. The summed E-state index contributed by atoms with van der Waals surface area (Å²) in [5.41, 5.74) is 0.618. The number of benzene rings is 2. The molecule has 0 bridgehead atoms. The Bertz CT molecular complexity index is 854. The number of methoxy groups -OCH3 is 1. The van der Waals surface area contributed by atoms with E-state index in [0.717, 1.165) is 12.1 Å². The molecule has 0 saturated carbocycles. The van der Waals surface area contributed by atoms with Gasteiger partial charge in [0.05, 0.1) is 24.7 Å².